The predicted octanol–water partition coefficient (Wildman–Crippen LogP) is 0.415. The third-order valence-corrected chi connectivity index (χ3v) is 2.97. The zero-order chi connectivity index (χ0) is 12.4. The van der Waals surface area contributed by atoms with Crippen molar-refractivity contribution in [2.75, 3.05) is 25.4 Å². The maximum atomic E-state index is 12.2. The molecule has 6 heteroatoms. The molecule has 1 aliphatic rings. The van der Waals surface area contributed by atoms with Crippen LogP contribution in [0.5, 0.6) is 0 Å². The monoisotopic (exact) mass is 238 g/mol. The summed E-state index contributed by atoms with van der Waals surface area (Å²) in [7, 11) is 0. The topological polar surface area (TPSA) is 84.2 Å². The second-order valence-corrected chi connectivity index (χ2v) is 4.25. The minimum absolute atomic E-state index is 0.0681. The van der Waals surface area contributed by atoms with Gasteiger partial charge in [0.05, 0.1) is 24.1 Å². The van der Waals surface area contributed by atoms with Crippen LogP contribution in [0, 0.1) is 0 Å². The van der Waals surface area contributed by atoms with E-state index in [1.807, 2.05) is 13.8 Å². The summed E-state index contributed by atoms with van der Waals surface area (Å²) in [6.07, 6.45) is 0.810. The zero-order valence-corrected chi connectivity index (χ0v) is 10.2. The number of carbonyl (C=O) groups excluding carboxylic acids is 1. The van der Waals surface area contributed by atoms with Crippen molar-refractivity contribution in [1.82, 2.24) is 15.1 Å². The lowest BCUT2D eigenvalue weighted by Gasteiger charge is -2.30. The van der Waals surface area contributed by atoms with Crippen molar-refractivity contribution in [3.8, 4) is 0 Å². The van der Waals surface area contributed by atoms with Gasteiger partial charge < -0.3 is 15.4 Å². The molecule has 1 atom stereocenters. The Bertz CT molecular complexity index is 416. The number of morpholine rings is 1. The predicted molar refractivity (Wildman–Crippen MR) is 63.7 cm³/mol. The highest BCUT2D eigenvalue weighted by atomic mass is 16.5. The van der Waals surface area contributed by atoms with Gasteiger partial charge in [-0.25, -0.2) is 0 Å². The van der Waals surface area contributed by atoms with Crippen molar-refractivity contribution in [3.05, 3.63) is 11.4 Å². The quantitative estimate of drug-likeness (QED) is 0.781. The van der Waals surface area contributed by atoms with E-state index in [0.29, 0.717) is 31.1 Å². The Hall–Kier alpha value is -1.56. The third-order valence-electron chi connectivity index (χ3n) is 2.97. The molecule has 3 N–H and O–H groups in total. The van der Waals surface area contributed by atoms with Crippen LogP contribution in [0.3, 0.4) is 0 Å². The molecular formula is C11H18N4O2. The van der Waals surface area contributed by atoms with E-state index in [-0.39, 0.29) is 12.0 Å². The maximum absolute atomic E-state index is 12.2. The smallest absolute Gasteiger partial charge is 0.276 e. The Morgan fingerprint density at radius 1 is 1.71 bits per heavy atom. The van der Waals surface area contributed by atoms with Crippen molar-refractivity contribution in [2.45, 2.75) is 26.4 Å². The molecule has 1 fully saturated rings. The van der Waals surface area contributed by atoms with Gasteiger partial charge in [0.25, 0.3) is 5.91 Å². The first-order valence-corrected chi connectivity index (χ1v) is 5.87. The van der Waals surface area contributed by atoms with E-state index in [1.165, 1.54) is 0 Å². The van der Waals surface area contributed by atoms with E-state index < -0.39 is 0 Å². The molecule has 1 aromatic heterocycles. The van der Waals surface area contributed by atoms with Gasteiger partial charge in [0.1, 0.15) is 0 Å². The molecule has 0 bridgehead atoms. The lowest BCUT2D eigenvalue weighted by molar-refractivity contribution is -0.0126. The Labute approximate surface area is 100 Å². The number of nitrogens with two attached hydrogens (primary N) is 1. The second kappa shape index (κ2) is 4.75. The van der Waals surface area contributed by atoms with Gasteiger partial charge in [0.2, 0.25) is 0 Å². The first kappa shape index (κ1) is 11.9. The third kappa shape index (κ3) is 2.26. The molecule has 1 saturated heterocycles. The van der Waals surface area contributed by atoms with Crippen LogP contribution in [0.15, 0.2) is 0 Å². The van der Waals surface area contributed by atoms with Gasteiger partial charge in [-0.05, 0) is 13.3 Å². The summed E-state index contributed by atoms with van der Waals surface area (Å²) < 4.78 is 5.40. The van der Waals surface area contributed by atoms with Gasteiger partial charge in [0.15, 0.2) is 5.69 Å². The van der Waals surface area contributed by atoms with Crippen molar-refractivity contribution in [2.24, 2.45) is 0 Å². The molecule has 2 rings (SSSR count). The van der Waals surface area contributed by atoms with Crippen LogP contribution in [0.2, 0.25) is 0 Å². The highest BCUT2D eigenvalue weighted by molar-refractivity contribution is 5.97. The summed E-state index contributed by atoms with van der Waals surface area (Å²) in [4.78, 5) is 13.9. The molecule has 1 aromatic rings. The molecule has 1 unspecified atom stereocenters. The molecule has 1 amide bonds. The number of hydrogen-bond acceptors (Lipinski definition) is 4. The lowest BCUT2D eigenvalue weighted by atomic mass is 10.2. The number of aromatic nitrogens is 2. The van der Waals surface area contributed by atoms with Gasteiger partial charge in [0, 0.05) is 13.1 Å². The number of rotatable bonds is 2. The van der Waals surface area contributed by atoms with Crippen LogP contribution >= 0.6 is 0 Å². The molecule has 17 heavy (non-hydrogen) atoms. The number of anilines is 1. The number of nitrogens with one attached hydrogen (secondary N) is 1. The van der Waals surface area contributed by atoms with Gasteiger partial charge in [-0.2, -0.15) is 5.10 Å². The van der Waals surface area contributed by atoms with Gasteiger partial charge >= 0.3 is 0 Å². The van der Waals surface area contributed by atoms with E-state index in [2.05, 4.69) is 10.2 Å². The van der Waals surface area contributed by atoms with Crippen molar-refractivity contribution >= 4 is 11.6 Å². The molecule has 2 heterocycles. The minimum Gasteiger partial charge on any atom is -0.395 e. The summed E-state index contributed by atoms with van der Waals surface area (Å²) in [5.41, 5.74) is 7.50. The molecule has 0 spiro atoms. The van der Waals surface area contributed by atoms with E-state index in [4.69, 9.17) is 10.5 Å². The Kier molecular flexibility index (Phi) is 3.33. The van der Waals surface area contributed by atoms with Crippen LogP contribution < -0.4 is 5.73 Å². The largest absolute Gasteiger partial charge is 0.395 e. The number of aromatic amines is 1. The van der Waals surface area contributed by atoms with Crippen molar-refractivity contribution in [1.29, 1.82) is 0 Å². The maximum Gasteiger partial charge on any atom is 0.276 e. The molecular weight excluding hydrogens is 220 g/mol. The fourth-order valence-corrected chi connectivity index (χ4v) is 1.97. The lowest BCUT2D eigenvalue weighted by Crippen LogP contribution is -2.44. The first-order chi connectivity index (χ1) is 8.13. The number of nitrogen functional groups attached to an aromatic ring is 1. The highest BCUT2D eigenvalue weighted by Crippen LogP contribution is 2.17. The first-order valence-electron chi connectivity index (χ1n) is 5.87. The van der Waals surface area contributed by atoms with E-state index >= 15 is 0 Å². The summed E-state index contributed by atoms with van der Waals surface area (Å²) in [6.45, 7) is 5.67. The zero-order valence-electron chi connectivity index (χ0n) is 10.2. The van der Waals surface area contributed by atoms with Crippen LogP contribution in [0.1, 0.15) is 30.0 Å². The fraction of sp³-hybridized carbons (Fsp3) is 0.636. The average Bonchev–Trinajstić information content (AvgIpc) is 2.69. The normalized spacial score (nSPS) is 20.6. The van der Waals surface area contributed by atoms with Crippen LogP contribution in [-0.2, 0) is 11.2 Å². The SMILES string of the molecule is CCc1[nH]nc(C(=O)N2CCOC(C)C2)c1N. The standard InChI is InChI=1S/C11H18N4O2/c1-3-8-9(12)10(14-13-8)11(16)15-4-5-17-7(2)6-15/h7H,3-6,12H2,1-2H3,(H,13,14). The second-order valence-electron chi connectivity index (χ2n) is 4.25. The number of H-pyrrole nitrogens is 1. The van der Waals surface area contributed by atoms with Crippen molar-refractivity contribution < 1.29 is 9.53 Å². The van der Waals surface area contributed by atoms with E-state index in [0.717, 1.165) is 12.1 Å². The van der Waals surface area contributed by atoms with E-state index in [1.54, 1.807) is 4.90 Å². The highest BCUT2D eigenvalue weighted by Gasteiger charge is 2.26. The molecule has 0 radical (unpaired) electrons. The Morgan fingerprint density at radius 3 is 3.06 bits per heavy atom. The van der Waals surface area contributed by atoms with Crippen LogP contribution in [-0.4, -0.2) is 46.8 Å². The fourth-order valence-electron chi connectivity index (χ4n) is 1.97. The van der Waals surface area contributed by atoms with Gasteiger partial charge in [-0.1, -0.05) is 6.92 Å². The molecule has 0 aliphatic carbocycles. The number of nitrogens with zero attached hydrogens (tertiary/aromatic N) is 2. The molecule has 1 aliphatic heterocycles. The van der Waals surface area contributed by atoms with E-state index in [9.17, 15) is 4.79 Å². The number of amides is 1. The number of aryl methyl sites for hydroxylation is 1. The summed E-state index contributed by atoms with van der Waals surface area (Å²) in [6, 6.07) is 0. The molecule has 0 aromatic carbocycles. The number of carbonyl (C=O) groups is 1. The Morgan fingerprint density at radius 2 is 2.47 bits per heavy atom. The summed E-state index contributed by atoms with van der Waals surface area (Å²) in [5, 5.41) is 6.81. The van der Waals surface area contributed by atoms with Gasteiger partial charge in [-0.3, -0.25) is 9.89 Å². The molecule has 0 saturated carbocycles. The average molecular weight is 238 g/mol. The van der Waals surface area contributed by atoms with Gasteiger partial charge in [-0.15, -0.1) is 0 Å². The summed E-state index contributed by atoms with van der Waals surface area (Å²) >= 11 is 0. The molecule has 6 nitrogen and oxygen atoms in total. The van der Waals surface area contributed by atoms with Crippen LogP contribution in [0.4, 0.5) is 5.69 Å². The number of ether oxygens (including phenoxy) is 1. The summed E-state index contributed by atoms with van der Waals surface area (Å²) in [5.74, 6) is -0.117. The number of hydrogen-bond donors (Lipinski definition) is 2. The minimum atomic E-state index is -0.117. The Balaban J connectivity index is 2.16. The van der Waals surface area contributed by atoms with Crippen molar-refractivity contribution in [3.63, 3.8) is 0 Å². The molecule has 94 valence electrons. The van der Waals surface area contributed by atoms with Crippen LogP contribution in [0.25, 0.3) is 0 Å².